The number of nitrogens with two attached hydrogens (primary N) is 1. The van der Waals surface area contributed by atoms with Crippen LogP contribution in [0.2, 0.25) is 0 Å². The summed E-state index contributed by atoms with van der Waals surface area (Å²) in [5.41, 5.74) is 7.18. The molecule has 25 heavy (non-hydrogen) atoms. The van der Waals surface area contributed by atoms with Crippen LogP contribution in [-0.2, 0) is 0 Å². The molecule has 0 saturated heterocycles. The summed E-state index contributed by atoms with van der Waals surface area (Å²) in [5, 5.41) is 11.6. The summed E-state index contributed by atoms with van der Waals surface area (Å²) in [6.07, 6.45) is 0. The van der Waals surface area contributed by atoms with Gasteiger partial charge in [0.2, 0.25) is 5.82 Å². The van der Waals surface area contributed by atoms with Crippen molar-refractivity contribution in [1.29, 1.82) is 0 Å². The molecule has 7 nitrogen and oxygen atoms in total. The van der Waals surface area contributed by atoms with Crippen molar-refractivity contribution >= 4 is 5.82 Å². The van der Waals surface area contributed by atoms with Gasteiger partial charge in [-0.15, -0.1) is 5.10 Å². The van der Waals surface area contributed by atoms with Crippen LogP contribution in [0.5, 0.6) is 0 Å². The molecule has 2 aromatic heterocycles. The molecule has 0 fully saturated rings. The Morgan fingerprint density at radius 2 is 1.80 bits per heavy atom. The number of halogens is 2. The smallest absolute Gasteiger partial charge is 0.282 e. The highest BCUT2D eigenvalue weighted by molar-refractivity contribution is 5.66. The van der Waals surface area contributed by atoms with Crippen molar-refractivity contribution in [1.82, 2.24) is 25.1 Å². The van der Waals surface area contributed by atoms with Crippen LogP contribution in [0.15, 0.2) is 53.1 Å². The van der Waals surface area contributed by atoms with Crippen LogP contribution in [0.3, 0.4) is 0 Å². The van der Waals surface area contributed by atoms with Gasteiger partial charge in [-0.2, -0.15) is 9.67 Å². The van der Waals surface area contributed by atoms with E-state index in [9.17, 15) is 8.78 Å². The predicted octanol–water partition coefficient (Wildman–Crippen LogP) is 2.84. The Hall–Kier alpha value is -3.62. The minimum absolute atomic E-state index is 0.0551. The summed E-state index contributed by atoms with van der Waals surface area (Å²) < 4.78 is 32.8. The molecular formula is C16H10F2N6O. The fraction of sp³-hybridized carbons (Fsp3) is 0. The van der Waals surface area contributed by atoms with Gasteiger partial charge in [0, 0.05) is 5.56 Å². The van der Waals surface area contributed by atoms with Crippen LogP contribution < -0.4 is 5.73 Å². The second-order valence-electron chi connectivity index (χ2n) is 5.14. The average Bonchev–Trinajstić information content (AvgIpc) is 3.22. The van der Waals surface area contributed by atoms with E-state index in [-0.39, 0.29) is 29.0 Å². The van der Waals surface area contributed by atoms with E-state index >= 15 is 0 Å². The van der Waals surface area contributed by atoms with E-state index in [0.29, 0.717) is 11.3 Å². The van der Waals surface area contributed by atoms with Gasteiger partial charge < -0.3 is 10.3 Å². The van der Waals surface area contributed by atoms with Crippen LogP contribution in [0, 0.1) is 11.6 Å². The van der Waals surface area contributed by atoms with Crippen LogP contribution in [0.25, 0.3) is 28.7 Å². The highest BCUT2D eigenvalue weighted by atomic mass is 19.1. The third kappa shape index (κ3) is 2.71. The molecule has 0 saturated carbocycles. The fourth-order valence-corrected chi connectivity index (χ4v) is 2.28. The molecule has 0 unspecified atom stereocenters. The number of aromatic nitrogens is 5. The third-order valence-electron chi connectivity index (χ3n) is 3.49. The van der Waals surface area contributed by atoms with Crippen molar-refractivity contribution in [3.63, 3.8) is 0 Å². The number of hydrogen-bond donors (Lipinski definition) is 1. The standard InChI is InChI=1S/C16H10F2N6O/c17-10-6-4-9(5-7-10)15-20-16(25-22-15)13-14(19)24(23-21-13)12-3-1-2-11(18)8-12/h1-8H,19H2. The van der Waals surface area contributed by atoms with Gasteiger partial charge >= 0.3 is 0 Å². The Kier molecular flexibility index (Phi) is 3.46. The first-order chi connectivity index (χ1) is 12.1. The summed E-state index contributed by atoms with van der Waals surface area (Å²) >= 11 is 0. The van der Waals surface area contributed by atoms with Gasteiger partial charge in [0.25, 0.3) is 5.89 Å². The Bertz CT molecular complexity index is 1040. The van der Waals surface area contributed by atoms with Crippen molar-refractivity contribution < 1.29 is 13.3 Å². The summed E-state index contributed by atoms with van der Waals surface area (Å²) in [6, 6.07) is 11.4. The summed E-state index contributed by atoms with van der Waals surface area (Å²) in [5.74, 6) is -0.353. The van der Waals surface area contributed by atoms with Gasteiger partial charge in [-0.25, -0.2) is 8.78 Å². The van der Waals surface area contributed by atoms with E-state index in [2.05, 4.69) is 20.5 Å². The lowest BCUT2D eigenvalue weighted by atomic mass is 10.2. The molecule has 0 amide bonds. The molecule has 0 aliphatic carbocycles. The Morgan fingerprint density at radius 1 is 1.00 bits per heavy atom. The first kappa shape index (κ1) is 14.9. The first-order valence-corrected chi connectivity index (χ1v) is 7.19. The van der Waals surface area contributed by atoms with Gasteiger partial charge in [-0.05, 0) is 42.5 Å². The van der Waals surface area contributed by atoms with Gasteiger partial charge in [-0.3, -0.25) is 0 Å². The first-order valence-electron chi connectivity index (χ1n) is 7.19. The zero-order valence-corrected chi connectivity index (χ0v) is 12.6. The molecule has 4 rings (SSSR count). The maximum absolute atomic E-state index is 13.4. The lowest BCUT2D eigenvalue weighted by Crippen LogP contribution is -2.02. The molecule has 2 aromatic carbocycles. The van der Waals surface area contributed by atoms with Crippen molar-refractivity contribution in [3.8, 4) is 28.7 Å². The SMILES string of the molecule is Nc1c(-c2nc(-c3ccc(F)cc3)no2)nnn1-c1cccc(F)c1. The summed E-state index contributed by atoms with van der Waals surface area (Å²) in [6.45, 7) is 0. The Balaban J connectivity index is 1.71. The third-order valence-corrected chi connectivity index (χ3v) is 3.49. The number of hydrogen-bond acceptors (Lipinski definition) is 6. The van der Waals surface area contributed by atoms with Gasteiger partial charge in [-0.1, -0.05) is 16.4 Å². The molecule has 0 atom stereocenters. The summed E-state index contributed by atoms with van der Waals surface area (Å²) in [4.78, 5) is 4.20. The largest absolute Gasteiger partial charge is 0.382 e. The Morgan fingerprint density at radius 3 is 2.56 bits per heavy atom. The van der Waals surface area contributed by atoms with E-state index in [1.54, 1.807) is 6.07 Å². The van der Waals surface area contributed by atoms with E-state index < -0.39 is 5.82 Å². The number of nitrogen functional groups attached to an aromatic ring is 1. The van der Waals surface area contributed by atoms with Crippen LogP contribution >= 0.6 is 0 Å². The minimum atomic E-state index is -0.426. The highest BCUT2D eigenvalue weighted by Gasteiger charge is 2.20. The number of nitrogens with zero attached hydrogens (tertiary/aromatic N) is 5. The maximum atomic E-state index is 13.4. The van der Waals surface area contributed by atoms with Crippen molar-refractivity contribution in [2.45, 2.75) is 0 Å². The van der Waals surface area contributed by atoms with Gasteiger partial charge in [0.05, 0.1) is 5.69 Å². The number of benzene rings is 2. The highest BCUT2D eigenvalue weighted by Crippen LogP contribution is 2.26. The monoisotopic (exact) mass is 340 g/mol. The lowest BCUT2D eigenvalue weighted by Gasteiger charge is -2.02. The molecule has 9 heteroatoms. The average molecular weight is 340 g/mol. The van der Waals surface area contributed by atoms with E-state index in [4.69, 9.17) is 10.3 Å². The molecule has 0 radical (unpaired) electrons. The predicted molar refractivity (Wildman–Crippen MR) is 84.4 cm³/mol. The van der Waals surface area contributed by atoms with Crippen LogP contribution in [0.1, 0.15) is 0 Å². The Labute approximate surface area is 139 Å². The van der Waals surface area contributed by atoms with Crippen molar-refractivity contribution in [3.05, 3.63) is 60.2 Å². The van der Waals surface area contributed by atoms with Crippen LogP contribution in [-0.4, -0.2) is 25.1 Å². The topological polar surface area (TPSA) is 95.7 Å². The van der Waals surface area contributed by atoms with E-state index in [1.807, 2.05) is 0 Å². The van der Waals surface area contributed by atoms with Gasteiger partial charge in [0.1, 0.15) is 11.6 Å². The molecule has 0 aliphatic rings. The van der Waals surface area contributed by atoms with E-state index in [0.717, 1.165) is 0 Å². The second kappa shape index (κ2) is 5.78. The zero-order chi connectivity index (χ0) is 17.4. The normalized spacial score (nSPS) is 11.0. The lowest BCUT2D eigenvalue weighted by molar-refractivity contribution is 0.431. The molecule has 2 heterocycles. The van der Waals surface area contributed by atoms with Crippen molar-refractivity contribution in [2.24, 2.45) is 0 Å². The van der Waals surface area contributed by atoms with Gasteiger partial charge in [0.15, 0.2) is 11.5 Å². The molecule has 4 aromatic rings. The molecule has 2 N–H and O–H groups in total. The maximum Gasteiger partial charge on any atom is 0.282 e. The molecule has 0 bridgehead atoms. The molecule has 0 spiro atoms. The quantitative estimate of drug-likeness (QED) is 0.616. The fourth-order valence-electron chi connectivity index (χ4n) is 2.28. The molecule has 124 valence electrons. The minimum Gasteiger partial charge on any atom is -0.382 e. The van der Waals surface area contributed by atoms with Crippen molar-refractivity contribution in [2.75, 3.05) is 5.73 Å². The number of anilines is 1. The van der Waals surface area contributed by atoms with Crippen LogP contribution in [0.4, 0.5) is 14.6 Å². The zero-order valence-electron chi connectivity index (χ0n) is 12.6. The summed E-state index contributed by atoms with van der Waals surface area (Å²) in [7, 11) is 0. The molecular weight excluding hydrogens is 330 g/mol. The second-order valence-corrected chi connectivity index (χ2v) is 5.14. The van der Waals surface area contributed by atoms with E-state index in [1.165, 1.54) is 47.1 Å². The number of rotatable bonds is 3. The molecule has 0 aliphatic heterocycles.